The van der Waals surface area contributed by atoms with E-state index in [1.165, 1.54) is 18.4 Å². The van der Waals surface area contributed by atoms with Gasteiger partial charge in [0.25, 0.3) is 5.91 Å². The van der Waals surface area contributed by atoms with E-state index in [1.807, 2.05) is 18.2 Å². The van der Waals surface area contributed by atoms with Crippen molar-refractivity contribution in [3.8, 4) is 5.75 Å². The summed E-state index contributed by atoms with van der Waals surface area (Å²) in [5.74, 6) is 0.365. The molecule has 0 aliphatic carbocycles. The number of nitrogens with one attached hydrogen (secondary N) is 1. The maximum Gasteiger partial charge on any atom is 0.261 e. The highest BCUT2D eigenvalue weighted by Gasteiger charge is 2.22. The van der Waals surface area contributed by atoms with Crippen molar-refractivity contribution in [3.63, 3.8) is 0 Å². The number of halogens is 1. The minimum atomic E-state index is -0.230. The Kier molecular flexibility index (Phi) is 9.96. The zero-order valence-electron chi connectivity index (χ0n) is 18.7. The van der Waals surface area contributed by atoms with Crippen LogP contribution < -0.4 is 10.1 Å². The van der Waals surface area contributed by atoms with E-state index in [2.05, 4.69) is 62.2 Å². The molecule has 7 heteroatoms. The van der Waals surface area contributed by atoms with Crippen LogP contribution in [0.4, 0.5) is 0 Å². The molecule has 0 unspecified atom stereocenters. The van der Waals surface area contributed by atoms with Gasteiger partial charge in [-0.3, -0.25) is 15.0 Å². The lowest BCUT2D eigenvalue weighted by Gasteiger charge is -2.36. The first-order valence-corrected chi connectivity index (χ1v) is 12.6. The highest BCUT2D eigenvalue weighted by Crippen LogP contribution is 2.24. The minimum absolute atomic E-state index is 0.230. The van der Waals surface area contributed by atoms with Crippen molar-refractivity contribution < 1.29 is 9.53 Å². The van der Waals surface area contributed by atoms with Crippen LogP contribution in [-0.4, -0.2) is 53.6 Å². The van der Waals surface area contributed by atoms with Gasteiger partial charge in [0.2, 0.25) is 0 Å². The van der Waals surface area contributed by atoms with E-state index in [0.29, 0.717) is 23.0 Å². The smallest absolute Gasteiger partial charge is 0.261 e. The van der Waals surface area contributed by atoms with Crippen molar-refractivity contribution in [2.45, 2.75) is 39.2 Å². The zero-order valence-corrected chi connectivity index (χ0v) is 21.1. The molecule has 2 aromatic rings. The average Bonchev–Trinajstić information content (AvgIpc) is 2.81. The number of carbonyl (C=O) groups excluding carboxylic acids is 1. The average molecular weight is 519 g/mol. The third-order valence-corrected chi connectivity index (χ3v) is 6.42. The fraction of sp³-hybridized carbons (Fsp3) is 0.440. The highest BCUT2D eigenvalue weighted by molar-refractivity contribution is 9.10. The summed E-state index contributed by atoms with van der Waals surface area (Å²) in [6, 6.07) is 16.0. The normalized spacial score (nSPS) is 14.2. The molecule has 172 valence electrons. The van der Waals surface area contributed by atoms with E-state index in [4.69, 9.17) is 17.0 Å². The van der Waals surface area contributed by atoms with Crippen molar-refractivity contribution in [1.29, 1.82) is 0 Å². The SMILES string of the molecule is CCCCCCOc1ccc(Br)cc1C(=O)NC(=S)N1CCN(Cc2ccccc2)CC1. The van der Waals surface area contributed by atoms with E-state index in [-0.39, 0.29) is 5.91 Å². The molecule has 0 bridgehead atoms. The number of thiocarbonyl (C=S) groups is 1. The molecule has 2 aromatic carbocycles. The summed E-state index contributed by atoms with van der Waals surface area (Å²) in [6.07, 6.45) is 4.50. The molecule has 1 heterocycles. The fourth-order valence-electron chi connectivity index (χ4n) is 3.71. The van der Waals surface area contributed by atoms with Gasteiger partial charge in [-0.15, -0.1) is 0 Å². The van der Waals surface area contributed by atoms with Crippen LogP contribution in [0.5, 0.6) is 5.75 Å². The Morgan fingerprint density at radius 1 is 1.06 bits per heavy atom. The van der Waals surface area contributed by atoms with Crippen LogP contribution in [0.1, 0.15) is 48.5 Å². The lowest BCUT2D eigenvalue weighted by atomic mass is 10.2. The molecular weight excluding hydrogens is 486 g/mol. The number of piperazine rings is 1. The monoisotopic (exact) mass is 517 g/mol. The van der Waals surface area contributed by atoms with Crippen LogP contribution >= 0.6 is 28.1 Å². The van der Waals surface area contributed by atoms with Crippen LogP contribution in [0.2, 0.25) is 0 Å². The molecule has 32 heavy (non-hydrogen) atoms. The Morgan fingerprint density at radius 2 is 1.81 bits per heavy atom. The van der Waals surface area contributed by atoms with Gasteiger partial charge in [0.1, 0.15) is 5.75 Å². The molecule has 1 amide bonds. The third-order valence-electron chi connectivity index (χ3n) is 5.57. The molecule has 1 N–H and O–H groups in total. The first kappa shape index (κ1) is 24.7. The first-order valence-electron chi connectivity index (χ1n) is 11.4. The second-order valence-corrected chi connectivity index (χ2v) is 9.36. The van der Waals surface area contributed by atoms with Crippen LogP contribution in [0.25, 0.3) is 0 Å². The molecule has 1 aliphatic rings. The van der Waals surface area contributed by atoms with Gasteiger partial charge in [-0.2, -0.15) is 0 Å². The van der Waals surface area contributed by atoms with E-state index < -0.39 is 0 Å². The van der Waals surface area contributed by atoms with Crippen LogP contribution in [0, 0.1) is 0 Å². The molecule has 1 fully saturated rings. The summed E-state index contributed by atoms with van der Waals surface area (Å²) in [6.45, 7) is 7.14. The number of benzene rings is 2. The maximum atomic E-state index is 13.0. The number of unbranched alkanes of at least 4 members (excludes halogenated alkanes) is 3. The van der Waals surface area contributed by atoms with Crippen molar-refractivity contribution in [3.05, 3.63) is 64.1 Å². The van der Waals surface area contributed by atoms with Gasteiger partial charge in [0.15, 0.2) is 5.11 Å². The van der Waals surface area contributed by atoms with Gasteiger partial charge < -0.3 is 9.64 Å². The lowest BCUT2D eigenvalue weighted by Crippen LogP contribution is -2.52. The summed E-state index contributed by atoms with van der Waals surface area (Å²) in [4.78, 5) is 17.5. The molecule has 0 radical (unpaired) electrons. The Balaban J connectivity index is 1.51. The van der Waals surface area contributed by atoms with Gasteiger partial charge >= 0.3 is 0 Å². The number of carbonyl (C=O) groups is 1. The first-order chi connectivity index (χ1) is 15.6. The highest BCUT2D eigenvalue weighted by atomic mass is 79.9. The Labute approximate surface area is 205 Å². The summed E-state index contributed by atoms with van der Waals surface area (Å²) in [5.41, 5.74) is 1.81. The number of rotatable bonds is 9. The second-order valence-electron chi connectivity index (χ2n) is 8.06. The largest absolute Gasteiger partial charge is 0.493 e. The predicted octanol–water partition coefficient (Wildman–Crippen LogP) is 5.24. The van der Waals surface area contributed by atoms with E-state index in [1.54, 1.807) is 6.07 Å². The molecule has 1 saturated heterocycles. The van der Waals surface area contributed by atoms with Crippen molar-refractivity contribution >= 4 is 39.2 Å². The molecule has 0 spiro atoms. The van der Waals surface area contributed by atoms with E-state index >= 15 is 0 Å². The van der Waals surface area contributed by atoms with Gasteiger partial charge in [0, 0.05) is 37.2 Å². The number of hydrogen-bond acceptors (Lipinski definition) is 4. The Hall–Kier alpha value is -1.96. The van der Waals surface area contributed by atoms with Crippen LogP contribution in [-0.2, 0) is 6.54 Å². The molecule has 0 atom stereocenters. The number of nitrogens with zero attached hydrogens (tertiary/aromatic N) is 2. The van der Waals surface area contributed by atoms with Crippen LogP contribution in [0.3, 0.4) is 0 Å². The minimum Gasteiger partial charge on any atom is -0.493 e. The predicted molar refractivity (Wildman–Crippen MR) is 137 cm³/mol. The Morgan fingerprint density at radius 3 is 2.53 bits per heavy atom. The second kappa shape index (κ2) is 12.9. The molecule has 3 rings (SSSR count). The fourth-order valence-corrected chi connectivity index (χ4v) is 4.35. The number of ether oxygens (including phenoxy) is 1. The zero-order chi connectivity index (χ0) is 22.8. The summed E-state index contributed by atoms with van der Waals surface area (Å²) in [5, 5.41) is 3.38. The van der Waals surface area contributed by atoms with Gasteiger partial charge in [-0.1, -0.05) is 72.4 Å². The standard InChI is InChI=1S/C25H32BrN3O2S/c1-2-3-4-8-17-31-23-12-11-21(26)18-22(23)24(30)27-25(32)29-15-13-28(14-16-29)19-20-9-6-5-7-10-20/h5-7,9-12,18H,2-4,8,13-17,19H2,1H3,(H,27,30,32). The summed E-state index contributed by atoms with van der Waals surface area (Å²) >= 11 is 9.01. The van der Waals surface area contributed by atoms with E-state index in [9.17, 15) is 4.79 Å². The molecule has 5 nitrogen and oxygen atoms in total. The van der Waals surface area contributed by atoms with Crippen molar-refractivity contribution in [1.82, 2.24) is 15.1 Å². The molecule has 0 saturated carbocycles. The van der Waals surface area contributed by atoms with Crippen LogP contribution in [0.15, 0.2) is 53.0 Å². The lowest BCUT2D eigenvalue weighted by molar-refractivity contribution is 0.0965. The Bertz CT molecular complexity index is 886. The quantitative estimate of drug-likeness (QED) is 0.364. The summed E-state index contributed by atoms with van der Waals surface area (Å²) in [7, 11) is 0. The van der Waals surface area contributed by atoms with E-state index in [0.717, 1.165) is 50.0 Å². The number of hydrogen-bond donors (Lipinski definition) is 1. The molecule has 0 aromatic heterocycles. The van der Waals surface area contributed by atoms with Crippen molar-refractivity contribution in [2.24, 2.45) is 0 Å². The van der Waals surface area contributed by atoms with Gasteiger partial charge in [-0.25, -0.2) is 0 Å². The number of amides is 1. The van der Waals surface area contributed by atoms with Gasteiger partial charge in [-0.05, 0) is 42.4 Å². The topological polar surface area (TPSA) is 44.8 Å². The third kappa shape index (κ3) is 7.57. The van der Waals surface area contributed by atoms with Gasteiger partial charge in [0.05, 0.1) is 12.2 Å². The van der Waals surface area contributed by atoms with Crippen molar-refractivity contribution in [2.75, 3.05) is 32.8 Å². The molecule has 1 aliphatic heterocycles. The maximum absolute atomic E-state index is 13.0. The summed E-state index contributed by atoms with van der Waals surface area (Å²) < 4.78 is 6.75. The molecular formula is C25H32BrN3O2S.